The third-order valence-electron chi connectivity index (χ3n) is 12.8. The van der Waals surface area contributed by atoms with E-state index in [0.29, 0.717) is 50.5 Å². The first kappa shape index (κ1) is 57.9. The van der Waals surface area contributed by atoms with E-state index in [-0.39, 0.29) is 94.8 Å². The lowest BCUT2D eigenvalue weighted by atomic mass is 9.81. The van der Waals surface area contributed by atoms with E-state index in [2.05, 4.69) is 31.6 Å². The molecule has 1 aliphatic heterocycles. The number of amides is 3. The molecule has 1 aliphatic carbocycles. The van der Waals surface area contributed by atoms with Gasteiger partial charge in [0.1, 0.15) is 23.5 Å². The van der Waals surface area contributed by atoms with Crippen LogP contribution in [0.2, 0.25) is 0 Å². The predicted molar refractivity (Wildman–Crippen MR) is 272 cm³/mol. The van der Waals surface area contributed by atoms with Crippen LogP contribution in [0.1, 0.15) is 91.3 Å². The van der Waals surface area contributed by atoms with Gasteiger partial charge in [-0.05, 0) is 72.3 Å². The number of thiazole rings is 1. The molecule has 1 saturated carbocycles. The van der Waals surface area contributed by atoms with Gasteiger partial charge in [-0.2, -0.15) is 24.1 Å². The van der Waals surface area contributed by atoms with Crippen molar-refractivity contribution in [3.8, 4) is 16.2 Å². The smallest absolute Gasteiger partial charge is 0.391 e. The Bertz CT molecular complexity index is 2430. The monoisotopic (exact) mass is 1050 g/mol. The lowest BCUT2D eigenvalue weighted by Crippen LogP contribution is -2.56. The second kappa shape index (κ2) is 28.5. The summed E-state index contributed by atoms with van der Waals surface area (Å²) in [5, 5.41) is 16.4. The number of nitrogens with one attached hydrogen (secondary N) is 4. The Morgan fingerprint density at radius 2 is 1.58 bits per heavy atom. The van der Waals surface area contributed by atoms with Crippen LogP contribution in [0.5, 0.6) is 5.75 Å². The van der Waals surface area contributed by atoms with Gasteiger partial charge in [0, 0.05) is 38.2 Å². The highest BCUT2D eigenvalue weighted by Gasteiger charge is 2.44. The van der Waals surface area contributed by atoms with Crippen LogP contribution in [-0.2, 0) is 53.2 Å². The van der Waals surface area contributed by atoms with Crippen LogP contribution in [0, 0.1) is 24.2 Å². The average molecular weight is 1050 g/mol. The van der Waals surface area contributed by atoms with E-state index in [4.69, 9.17) is 28.6 Å². The number of aliphatic hydroxyl groups is 1. The number of hydrogen-bond donors (Lipinski definition) is 5. The highest BCUT2D eigenvalue weighted by molar-refractivity contribution is 7.13. The van der Waals surface area contributed by atoms with Crippen molar-refractivity contribution in [2.75, 3.05) is 60.0 Å². The molecule has 5 N–H and O–H groups in total. The number of aromatic nitrogens is 2. The maximum Gasteiger partial charge on any atom is 0.391 e. The van der Waals surface area contributed by atoms with E-state index in [1.54, 1.807) is 23.5 Å². The standard InChI is InChI=1S/C53H70F3N7O10S/c1-35-47(74-33-60-35)40-14-10-37(11-15-40)28-59-50(66)45-27-43(64)31-63(45)51(67)48(52(2,3)4)62-73-34-71-24-23-70-22-21-69-20-19-61-72-32-39-8-6-7-38(25-39)29-58-49(65)44-26-41(46(68-5)30-57-44)16-9-36-12-17-42(18-13-36)53(54,55)56/h6-11,14-16,25-26,30,33,36,42-43,45,48,61-62,64H,12-13,17-24,27-29,31-32,34H2,1-5H3,(H,58,65)(H,59,66). The van der Waals surface area contributed by atoms with Gasteiger partial charge in [0.25, 0.3) is 5.91 Å². The molecule has 1 saturated heterocycles. The number of hydroxylamine groups is 2. The molecule has 21 heteroatoms. The van der Waals surface area contributed by atoms with E-state index in [1.165, 1.54) is 18.2 Å². The third-order valence-corrected chi connectivity index (χ3v) is 13.7. The molecule has 74 heavy (non-hydrogen) atoms. The number of nitrogens with zero attached hydrogens (tertiary/aromatic N) is 3. The largest absolute Gasteiger partial charge is 0.495 e. The first-order valence-corrected chi connectivity index (χ1v) is 25.7. The molecule has 2 aromatic carbocycles. The average Bonchev–Trinajstić information content (AvgIpc) is 4.00. The number of benzene rings is 2. The van der Waals surface area contributed by atoms with E-state index in [1.807, 2.05) is 87.8 Å². The number of aryl methyl sites for hydroxylation is 1. The molecule has 17 nitrogen and oxygen atoms in total. The molecular formula is C53H70F3N7O10S. The van der Waals surface area contributed by atoms with Gasteiger partial charge in [-0.3, -0.25) is 24.1 Å². The number of allylic oxidation sites excluding steroid dienone is 1. The molecule has 2 aliphatic rings. The van der Waals surface area contributed by atoms with Crippen LogP contribution in [0.4, 0.5) is 13.2 Å². The van der Waals surface area contributed by atoms with Crippen molar-refractivity contribution in [3.05, 3.63) is 106 Å². The number of methoxy groups -OCH3 is 1. The maximum absolute atomic E-state index is 13.9. The molecule has 3 atom stereocenters. The molecule has 2 aromatic heterocycles. The highest BCUT2D eigenvalue weighted by atomic mass is 32.1. The number of carbonyl (C=O) groups is 3. The first-order valence-electron chi connectivity index (χ1n) is 24.9. The summed E-state index contributed by atoms with van der Waals surface area (Å²) in [4.78, 5) is 62.5. The van der Waals surface area contributed by atoms with E-state index in [0.717, 1.165) is 32.8 Å². The van der Waals surface area contributed by atoms with Crippen LogP contribution in [0.25, 0.3) is 16.5 Å². The number of alkyl halides is 3. The number of ether oxygens (including phenoxy) is 4. The second-order valence-corrected chi connectivity index (χ2v) is 20.3. The van der Waals surface area contributed by atoms with Crippen LogP contribution in [0.3, 0.4) is 0 Å². The summed E-state index contributed by atoms with van der Waals surface area (Å²) in [6.45, 7) is 10.3. The van der Waals surface area contributed by atoms with Crippen LogP contribution >= 0.6 is 11.3 Å². The normalized spacial score (nSPS) is 18.7. The summed E-state index contributed by atoms with van der Waals surface area (Å²) >= 11 is 1.57. The lowest BCUT2D eigenvalue weighted by molar-refractivity contribution is -0.183. The summed E-state index contributed by atoms with van der Waals surface area (Å²) in [5.41, 5.74) is 12.4. The molecule has 4 aromatic rings. The van der Waals surface area contributed by atoms with Gasteiger partial charge in [0.2, 0.25) is 11.8 Å². The Morgan fingerprint density at radius 1 is 0.878 bits per heavy atom. The van der Waals surface area contributed by atoms with Crippen molar-refractivity contribution >= 4 is 35.1 Å². The number of carbonyl (C=O) groups excluding carboxylic acids is 3. The lowest BCUT2D eigenvalue weighted by Gasteiger charge is -2.34. The number of likely N-dealkylation sites (tertiary alicyclic amines) is 1. The van der Waals surface area contributed by atoms with Gasteiger partial charge in [-0.25, -0.2) is 9.97 Å². The zero-order valence-electron chi connectivity index (χ0n) is 42.7. The third kappa shape index (κ3) is 17.9. The van der Waals surface area contributed by atoms with Crippen molar-refractivity contribution in [1.29, 1.82) is 0 Å². The molecule has 0 radical (unpaired) electrons. The predicted octanol–water partition coefficient (Wildman–Crippen LogP) is 7.08. The molecule has 2 fully saturated rings. The minimum atomic E-state index is -4.16. The van der Waals surface area contributed by atoms with Gasteiger partial charge in [-0.15, -0.1) is 11.3 Å². The van der Waals surface area contributed by atoms with Crippen molar-refractivity contribution in [3.63, 3.8) is 0 Å². The fraction of sp³-hybridized carbons (Fsp3) is 0.528. The van der Waals surface area contributed by atoms with Crippen molar-refractivity contribution in [2.45, 2.75) is 104 Å². The van der Waals surface area contributed by atoms with Gasteiger partial charge in [0.05, 0.1) is 81.1 Å². The fourth-order valence-corrected chi connectivity index (χ4v) is 9.38. The summed E-state index contributed by atoms with van der Waals surface area (Å²) in [5.74, 6) is -1.86. The molecule has 3 amide bonds. The molecule has 0 spiro atoms. The Kier molecular flexibility index (Phi) is 22.3. The molecule has 3 heterocycles. The van der Waals surface area contributed by atoms with E-state index >= 15 is 0 Å². The zero-order chi connectivity index (χ0) is 53.1. The van der Waals surface area contributed by atoms with Crippen LogP contribution < -0.4 is 26.3 Å². The number of aliphatic hydroxyl groups excluding tert-OH is 1. The number of halogens is 3. The van der Waals surface area contributed by atoms with Gasteiger partial charge < -0.3 is 39.6 Å². The number of rotatable bonds is 27. The molecule has 0 bridgehead atoms. The molecule has 6 rings (SSSR count). The van der Waals surface area contributed by atoms with Crippen LogP contribution in [-0.4, -0.2) is 122 Å². The van der Waals surface area contributed by atoms with Crippen molar-refractivity contribution in [2.24, 2.45) is 17.3 Å². The molecular weight excluding hydrogens is 984 g/mol. The van der Waals surface area contributed by atoms with Gasteiger partial charge in [-0.1, -0.05) is 81.5 Å². The Hall–Kier alpha value is -5.36. The Balaban J connectivity index is 0.791. The van der Waals surface area contributed by atoms with E-state index in [9.17, 15) is 32.7 Å². The summed E-state index contributed by atoms with van der Waals surface area (Å²) in [6, 6.07) is 15.4. The summed E-state index contributed by atoms with van der Waals surface area (Å²) < 4.78 is 61.4. The second-order valence-electron chi connectivity index (χ2n) is 19.4. The SMILES string of the molecule is COc1cnc(C(=O)NCc2cccc(CONCCOCCOCCOCONC(C(=O)N3CC(O)CC3C(=O)NCc3ccc(-c4scnc4C)cc3)C(C)(C)C)c2)cc1C=CC1CCC(C(F)(F)F)CC1. The van der Waals surface area contributed by atoms with Gasteiger partial charge in [0.15, 0.2) is 6.79 Å². The number of β-amino-alcohol motifs (C(OH)–C–C–N with tert-alkyl or cyclic N) is 1. The first-order chi connectivity index (χ1) is 35.5. The van der Waals surface area contributed by atoms with Gasteiger partial charge >= 0.3 is 6.18 Å². The Morgan fingerprint density at radius 3 is 2.27 bits per heavy atom. The maximum atomic E-state index is 13.9. The summed E-state index contributed by atoms with van der Waals surface area (Å²) in [6.07, 6.45) is 1.40. The van der Waals surface area contributed by atoms with E-state index < -0.39 is 35.7 Å². The Labute approximate surface area is 434 Å². The minimum Gasteiger partial charge on any atom is -0.495 e. The molecule has 404 valence electrons. The molecule has 3 unspecified atom stereocenters. The summed E-state index contributed by atoms with van der Waals surface area (Å²) in [7, 11) is 1.49. The van der Waals surface area contributed by atoms with Crippen molar-refractivity contribution < 1.29 is 61.3 Å². The van der Waals surface area contributed by atoms with Crippen molar-refractivity contribution in [1.82, 2.24) is 36.5 Å². The van der Waals surface area contributed by atoms with Crippen LogP contribution in [0.15, 0.2) is 72.4 Å². The fourth-order valence-electron chi connectivity index (χ4n) is 8.57. The topological polar surface area (TPSA) is 204 Å². The number of pyridine rings is 1. The minimum absolute atomic E-state index is 0.0163. The zero-order valence-corrected chi connectivity index (χ0v) is 43.5. The highest BCUT2D eigenvalue weighted by Crippen LogP contribution is 2.40. The quantitative estimate of drug-likeness (QED) is 0.0230. The number of hydrogen-bond acceptors (Lipinski definition) is 15.